The number of anilines is 1. The van der Waals surface area contributed by atoms with E-state index in [1.54, 1.807) is 22.7 Å². The van der Waals surface area contributed by atoms with Crippen LogP contribution in [-0.2, 0) is 6.54 Å². The highest BCUT2D eigenvalue weighted by molar-refractivity contribution is 7.16. The van der Waals surface area contributed by atoms with Crippen molar-refractivity contribution in [2.75, 3.05) is 5.32 Å². The van der Waals surface area contributed by atoms with Crippen molar-refractivity contribution in [3.63, 3.8) is 0 Å². The highest BCUT2D eigenvalue weighted by Crippen LogP contribution is 2.22. The highest BCUT2D eigenvalue weighted by Gasteiger charge is 1.98. The number of rotatable bonds is 3. The standard InChI is InChI=1S/C12H10N2S2/c1-2-11-12(16-8-14-11)5-10(1)13-6-9-3-4-15-7-9/h1-5,7-8,13H,6H2. The van der Waals surface area contributed by atoms with E-state index in [1.165, 1.54) is 10.3 Å². The number of hydrogen-bond donors (Lipinski definition) is 1. The molecule has 0 saturated carbocycles. The molecule has 4 heteroatoms. The topological polar surface area (TPSA) is 24.9 Å². The summed E-state index contributed by atoms with van der Waals surface area (Å²) in [6.07, 6.45) is 0. The van der Waals surface area contributed by atoms with Crippen LogP contribution in [0.2, 0.25) is 0 Å². The minimum atomic E-state index is 0.883. The molecule has 0 spiro atoms. The van der Waals surface area contributed by atoms with Crippen molar-refractivity contribution in [3.8, 4) is 0 Å². The molecule has 0 saturated heterocycles. The number of hydrogen-bond acceptors (Lipinski definition) is 4. The summed E-state index contributed by atoms with van der Waals surface area (Å²) < 4.78 is 1.23. The number of nitrogens with zero attached hydrogens (tertiary/aromatic N) is 1. The van der Waals surface area contributed by atoms with Crippen LogP contribution in [0.25, 0.3) is 10.2 Å². The molecule has 3 rings (SSSR count). The summed E-state index contributed by atoms with van der Waals surface area (Å²) >= 11 is 3.41. The smallest absolute Gasteiger partial charge is 0.0813 e. The number of nitrogens with one attached hydrogen (secondary N) is 1. The van der Waals surface area contributed by atoms with Gasteiger partial charge in [-0.2, -0.15) is 11.3 Å². The maximum Gasteiger partial charge on any atom is 0.0813 e. The Morgan fingerprint density at radius 1 is 1.25 bits per heavy atom. The van der Waals surface area contributed by atoms with Gasteiger partial charge in [-0.05, 0) is 40.6 Å². The van der Waals surface area contributed by atoms with Crippen molar-refractivity contribution in [1.82, 2.24) is 4.98 Å². The van der Waals surface area contributed by atoms with E-state index in [2.05, 4.69) is 45.3 Å². The zero-order valence-corrected chi connectivity index (χ0v) is 10.1. The number of thiophene rings is 1. The van der Waals surface area contributed by atoms with Gasteiger partial charge in [0.15, 0.2) is 0 Å². The summed E-state index contributed by atoms with van der Waals surface area (Å²) in [4.78, 5) is 4.26. The van der Waals surface area contributed by atoms with Crippen molar-refractivity contribution < 1.29 is 0 Å². The summed E-state index contributed by atoms with van der Waals surface area (Å²) in [6.45, 7) is 0.883. The fourth-order valence-corrected chi connectivity index (χ4v) is 2.95. The lowest BCUT2D eigenvalue weighted by molar-refractivity contribution is 1.17. The molecule has 2 aromatic heterocycles. The lowest BCUT2D eigenvalue weighted by Gasteiger charge is -2.04. The molecule has 0 amide bonds. The summed E-state index contributed by atoms with van der Waals surface area (Å²) in [7, 11) is 0. The van der Waals surface area contributed by atoms with Crippen molar-refractivity contribution in [3.05, 3.63) is 46.1 Å². The molecule has 2 nitrogen and oxygen atoms in total. The molecule has 0 aliphatic rings. The van der Waals surface area contributed by atoms with Gasteiger partial charge in [0.2, 0.25) is 0 Å². The monoisotopic (exact) mass is 246 g/mol. The van der Waals surface area contributed by atoms with E-state index in [9.17, 15) is 0 Å². The van der Waals surface area contributed by atoms with Gasteiger partial charge in [-0.1, -0.05) is 0 Å². The Morgan fingerprint density at radius 3 is 3.12 bits per heavy atom. The van der Waals surface area contributed by atoms with Crippen LogP contribution >= 0.6 is 22.7 Å². The van der Waals surface area contributed by atoms with Crippen molar-refractivity contribution >= 4 is 38.6 Å². The third-order valence-electron chi connectivity index (χ3n) is 2.41. The molecular weight excluding hydrogens is 236 g/mol. The van der Waals surface area contributed by atoms with Gasteiger partial charge >= 0.3 is 0 Å². The van der Waals surface area contributed by atoms with E-state index in [0.717, 1.165) is 17.7 Å². The first-order chi connectivity index (χ1) is 7.92. The lowest BCUT2D eigenvalue weighted by Crippen LogP contribution is -1.97. The molecule has 0 radical (unpaired) electrons. The Kier molecular flexibility index (Phi) is 2.60. The Labute approximate surface area is 102 Å². The van der Waals surface area contributed by atoms with Gasteiger partial charge in [-0.3, -0.25) is 0 Å². The summed E-state index contributed by atoms with van der Waals surface area (Å²) in [5.74, 6) is 0. The SMILES string of the molecule is c1cc(CNc2ccc3ncsc3c2)cs1. The van der Waals surface area contributed by atoms with E-state index in [1.807, 2.05) is 5.51 Å². The molecule has 0 aliphatic carbocycles. The van der Waals surface area contributed by atoms with Crippen LogP contribution in [0.4, 0.5) is 5.69 Å². The van der Waals surface area contributed by atoms with E-state index in [-0.39, 0.29) is 0 Å². The fraction of sp³-hybridized carbons (Fsp3) is 0.0833. The normalized spacial score (nSPS) is 10.8. The quantitative estimate of drug-likeness (QED) is 0.756. The largest absolute Gasteiger partial charge is 0.381 e. The summed E-state index contributed by atoms with van der Waals surface area (Å²) in [6, 6.07) is 8.43. The van der Waals surface area contributed by atoms with Gasteiger partial charge in [0.05, 0.1) is 15.7 Å². The van der Waals surface area contributed by atoms with Crippen LogP contribution in [0, 0.1) is 0 Å². The molecule has 0 bridgehead atoms. The van der Waals surface area contributed by atoms with Crippen LogP contribution < -0.4 is 5.32 Å². The molecular formula is C12H10N2S2. The Balaban J connectivity index is 1.78. The second-order valence-electron chi connectivity index (χ2n) is 3.52. The lowest BCUT2D eigenvalue weighted by atomic mass is 10.3. The predicted molar refractivity (Wildman–Crippen MR) is 71.3 cm³/mol. The third kappa shape index (κ3) is 1.94. The average molecular weight is 246 g/mol. The molecule has 16 heavy (non-hydrogen) atoms. The van der Waals surface area contributed by atoms with E-state index in [4.69, 9.17) is 0 Å². The van der Waals surface area contributed by atoms with Crippen molar-refractivity contribution in [1.29, 1.82) is 0 Å². The van der Waals surface area contributed by atoms with Crippen LogP contribution in [0.3, 0.4) is 0 Å². The zero-order valence-electron chi connectivity index (χ0n) is 8.51. The Morgan fingerprint density at radius 2 is 2.25 bits per heavy atom. The number of thiazole rings is 1. The molecule has 3 aromatic rings. The van der Waals surface area contributed by atoms with E-state index < -0.39 is 0 Å². The van der Waals surface area contributed by atoms with E-state index in [0.29, 0.717) is 0 Å². The van der Waals surface area contributed by atoms with Crippen molar-refractivity contribution in [2.45, 2.75) is 6.54 Å². The van der Waals surface area contributed by atoms with Crippen LogP contribution in [-0.4, -0.2) is 4.98 Å². The maximum atomic E-state index is 4.26. The molecule has 0 fully saturated rings. The van der Waals surface area contributed by atoms with Crippen LogP contribution in [0.5, 0.6) is 0 Å². The van der Waals surface area contributed by atoms with Crippen molar-refractivity contribution in [2.24, 2.45) is 0 Å². The predicted octanol–water partition coefficient (Wildman–Crippen LogP) is 3.97. The second-order valence-corrected chi connectivity index (χ2v) is 5.19. The average Bonchev–Trinajstić information content (AvgIpc) is 2.97. The first-order valence-electron chi connectivity index (χ1n) is 5.00. The summed E-state index contributed by atoms with van der Waals surface area (Å²) in [5.41, 5.74) is 5.44. The molecule has 0 atom stereocenters. The Bertz CT molecular complexity index is 584. The van der Waals surface area contributed by atoms with Gasteiger partial charge in [0.25, 0.3) is 0 Å². The fourth-order valence-electron chi connectivity index (χ4n) is 1.56. The minimum absolute atomic E-state index is 0.883. The number of benzene rings is 1. The van der Waals surface area contributed by atoms with Crippen LogP contribution in [0.15, 0.2) is 40.5 Å². The second kappa shape index (κ2) is 4.23. The molecule has 2 heterocycles. The van der Waals surface area contributed by atoms with Gasteiger partial charge < -0.3 is 5.32 Å². The maximum absolute atomic E-state index is 4.26. The first kappa shape index (κ1) is 9.81. The number of aromatic nitrogens is 1. The van der Waals surface area contributed by atoms with E-state index >= 15 is 0 Å². The molecule has 1 N–H and O–H groups in total. The van der Waals surface area contributed by atoms with Gasteiger partial charge in [-0.25, -0.2) is 4.98 Å². The highest BCUT2D eigenvalue weighted by atomic mass is 32.1. The zero-order chi connectivity index (χ0) is 10.8. The first-order valence-corrected chi connectivity index (χ1v) is 6.82. The minimum Gasteiger partial charge on any atom is -0.381 e. The Hall–Kier alpha value is -1.39. The number of fused-ring (bicyclic) bond motifs is 1. The van der Waals surface area contributed by atoms with Gasteiger partial charge in [-0.15, -0.1) is 11.3 Å². The molecule has 0 unspecified atom stereocenters. The van der Waals surface area contributed by atoms with Gasteiger partial charge in [0.1, 0.15) is 0 Å². The summed E-state index contributed by atoms with van der Waals surface area (Å²) in [5, 5.41) is 7.68. The molecule has 0 aliphatic heterocycles. The molecule has 80 valence electrons. The molecule has 1 aromatic carbocycles. The third-order valence-corrected chi connectivity index (χ3v) is 3.93. The van der Waals surface area contributed by atoms with Gasteiger partial charge in [0, 0.05) is 12.2 Å². The van der Waals surface area contributed by atoms with Crippen LogP contribution in [0.1, 0.15) is 5.56 Å².